The third kappa shape index (κ3) is 2.57. The van der Waals surface area contributed by atoms with Gasteiger partial charge in [-0.05, 0) is 43.3 Å². The molecule has 0 aliphatic carbocycles. The molecule has 1 aliphatic rings. The lowest BCUT2D eigenvalue weighted by Crippen LogP contribution is -2.56. The minimum absolute atomic E-state index is 0.468. The summed E-state index contributed by atoms with van der Waals surface area (Å²) in [5.74, 6) is -0.557. The highest BCUT2D eigenvalue weighted by molar-refractivity contribution is 9.10. The van der Waals surface area contributed by atoms with E-state index < -0.39 is 17.4 Å². The maximum atomic E-state index is 12.5. The van der Waals surface area contributed by atoms with Gasteiger partial charge < -0.3 is 15.4 Å². The fourth-order valence-corrected chi connectivity index (χ4v) is 2.36. The summed E-state index contributed by atoms with van der Waals surface area (Å²) in [6.45, 7) is 1.45. The van der Waals surface area contributed by atoms with E-state index in [0.29, 0.717) is 17.1 Å². The first-order chi connectivity index (χ1) is 10.5. The molecule has 0 fully saturated rings. The van der Waals surface area contributed by atoms with E-state index in [-0.39, 0.29) is 0 Å². The number of carbonyl (C=O) groups excluding carboxylic acids is 2. The van der Waals surface area contributed by atoms with Crippen molar-refractivity contribution in [3.8, 4) is 5.75 Å². The van der Waals surface area contributed by atoms with Crippen LogP contribution in [0, 0.1) is 0 Å². The maximum absolute atomic E-state index is 12.5. The Balaban J connectivity index is 1.85. The maximum Gasteiger partial charge on any atom is 0.278 e. The average Bonchev–Trinajstić information content (AvgIpc) is 2.50. The first kappa shape index (κ1) is 14.6. The van der Waals surface area contributed by atoms with Crippen LogP contribution >= 0.6 is 15.9 Å². The molecule has 0 aromatic heterocycles. The van der Waals surface area contributed by atoms with Crippen LogP contribution in [-0.2, 0) is 9.59 Å². The normalized spacial score (nSPS) is 19.6. The van der Waals surface area contributed by atoms with E-state index in [9.17, 15) is 9.59 Å². The summed E-state index contributed by atoms with van der Waals surface area (Å²) in [5, 5.41) is 5.39. The Morgan fingerprint density at radius 3 is 2.59 bits per heavy atom. The third-order valence-electron chi connectivity index (χ3n) is 3.42. The molecular formula is C16H13BrN2O3. The van der Waals surface area contributed by atoms with Crippen LogP contribution in [-0.4, -0.2) is 17.4 Å². The van der Waals surface area contributed by atoms with Gasteiger partial charge in [0.1, 0.15) is 5.75 Å². The molecule has 0 saturated carbocycles. The highest BCUT2D eigenvalue weighted by Gasteiger charge is 2.47. The number of nitrogens with one attached hydrogen (secondary N) is 2. The molecular weight excluding hydrogens is 348 g/mol. The van der Waals surface area contributed by atoms with Crippen LogP contribution in [0.4, 0.5) is 11.4 Å². The summed E-state index contributed by atoms with van der Waals surface area (Å²) in [6.07, 6.45) is 0. The Morgan fingerprint density at radius 2 is 1.86 bits per heavy atom. The number of para-hydroxylation sites is 2. The van der Waals surface area contributed by atoms with Gasteiger partial charge in [0, 0.05) is 10.2 Å². The Kier molecular flexibility index (Phi) is 3.62. The zero-order valence-electron chi connectivity index (χ0n) is 11.7. The molecule has 0 radical (unpaired) electrons. The number of hydrogen-bond donors (Lipinski definition) is 2. The van der Waals surface area contributed by atoms with Crippen LogP contribution in [0.3, 0.4) is 0 Å². The molecule has 2 aromatic carbocycles. The molecule has 5 nitrogen and oxygen atoms in total. The second kappa shape index (κ2) is 5.46. The molecule has 1 aliphatic heterocycles. The minimum Gasteiger partial charge on any atom is -0.466 e. The summed E-state index contributed by atoms with van der Waals surface area (Å²) in [6, 6.07) is 14.1. The summed E-state index contributed by atoms with van der Waals surface area (Å²) < 4.78 is 6.56. The van der Waals surface area contributed by atoms with Crippen LogP contribution in [0.5, 0.6) is 5.75 Å². The van der Waals surface area contributed by atoms with Crippen LogP contribution in [0.15, 0.2) is 53.0 Å². The molecule has 2 aromatic rings. The first-order valence-corrected chi connectivity index (χ1v) is 7.45. The van der Waals surface area contributed by atoms with E-state index in [4.69, 9.17) is 4.74 Å². The average molecular weight is 361 g/mol. The van der Waals surface area contributed by atoms with Gasteiger partial charge in [-0.2, -0.15) is 0 Å². The number of halogens is 1. The highest BCUT2D eigenvalue weighted by Crippen LogP contribution is 2.33. The number of benzene rings is 2. The number of ether oxygens (including phenoxy) is 1. The van der Waals surface area contributed by atoms with Crippen molar-refractivity contribution in [2.24, 2.45) is 0 Å². The number of carbonyl (C=O) groups is 2. The number of rotatable bonds is 2. The van der Waals surface area contributed by atoms with E-state index in [1.165, 1.54) is 6.92 Å². The molecule has 1 atom stereocenters. The zero-order chi connectivity index (χ0) is 15.7. The molecule has 2 N–H and O–H groups in total. The monoisotopic (exact) mass is 360 g/mol. The lowest BCUT2D eigenvalue weighted by atomic mass is 10.0. The first-order valence-electron chi connectivity index (χ1n) is 6.65. The molecule has 6 heteroatoms. The molecule has 0 bridgehead atoms. The van der Waals surface area contributed by atoms with Gasteiger partial charge in [0.05, 0.1) is 5.69 Å². The van der Waals surface area contributed by atoms with Crippen molar-refractivity contribution in [2.45, 2.75) is 12.5 Å². The van der Waals surface area contributed by atoms with Crippen molar-refractivity contribution in [3.05, 3.63) is 53.0 Å². The second-order valence-corrected chi connectivity index (χ2v) is 5.96. The predicted octanol–water partition coefficient (Wildman–Crippen LogP) is 3.18. The van der Waals surface area contributed by atoms with Crippen molar-refractivity contribution in [1.82, 2.24) is 0 Å². The summed E-state index contributed by atoms with van der Waals surface area (Å²) in [7, 11) is 0. The number of anilines is 2. The van der Waals surface area contributed by atoms with Crippen LogP contribution < -0.4 is 15.4 Å². The molecule has 0 spiro atoms. The molecule has 3 rings (SSSR count). The van der Waals surface area contributed by atoms with E-state index in [0.717, 1.165) is 4.47 Å². The zero-order valence-corrected chi connectivity index (χ0v) is 13.3. The van der Waals surface area contributed by atoms with Crippen molar-refractivity contribution < 1.29 is 14.3 Å². The van der Waals surface area contributed by atoms with E-state index >= 15 is 0 Å². The Labute approximate surface area is 135 Å². The summed E-state index contributed by atoms with van der Waals surface area (Å²) >= 11 is 3.32. The van der Waals surface area contributed by atoms with Gasteiger partial charge in [0.2, 0.25) is 0 Å². The SMILES string of the molecule is CC1(C(=O)Nc2ccc(Br)cc2)Oc2ccccc2NC1=O. The highest BCUT2D eigenvalue weighted by atomic mass is 79.9. The Morgan fingerprint density at radius 1 is 1.18 bits per heavy atom. The molecule has 0 saturated heterocycles. The van der Waals surface area contributed by atoms with Gasteiger partial charge in [-0.15, -0.1) is 0 Å². The fraction of sp³-hybridized carbons (Fsp3) is 0.125. The number of amides is 2. The molecule has 22 heavy (non-hydrogen) atoms. The van der Waals surface area contributed by atoms with Crippen molar-refractivity contribution in [2.75, 3.05) is 10.6 Å². The summed E-state index contributed by atoms with van der Waals surface area (Å²) in [4.78, 5) is 24.7. The Bertz CT molecular complexity index is 745. The van der Waals surface area contributed by atoms with Gasteiger partial charge >= 0.3 is 0 Å². The van der Waals surface area contributed by atoms with E-state index in [1.807, 2.05) is 0 Å². The van der Waals surface area contributed by atoms with Gasteiger partial charge in [0.15, 0.2) is 0 Å². The van der Waals surface area contributed by atoms with Gasteiger partial charge in [-0.3, -0.25) is 9.59 Å². The lowest BCUT2D eigenvalue weighted by Gasteiger charge is -2.33. The quantitative estimate of drug-likeness (QED) is 0.808. The lowest BCUT2D eigenvalue weighted by molar-refractivity contribution is -0.143. The Hall–Kier alpha value is -2.34. The van der Waals surface area contributed by atoms with Crippen LogP contribution in [0.2, 0.25) is 0 Å². The van der Waals surface area contributed by atoms with Crippen molar-refractivity contribution in [1.29, 1.82) is 0 Å². The van der Waals surface area contributed by atoms with Crippen LogP contribution in [0.1, 0.15) is 6.92 Å². The third-order valence-corrected chi connectivity index (χ3v) is 3.95. The largest absolute Gasteiger partial charge is 0.466 e. The number of hydrogen-bond acceptors (Lipinski definition) is 3. The molecule has 1 unspecified atom stereocenters. The van der Waals surface area contributed by atoms with Crippen molar-refractivity contribution in [3.63, 3.8) is 0 Å². The molecule has 2 amide bonds. The van der Waals surface area contributed by atoms with Gasteiger partial charge in [-0.25, -0.2) is 0 Å². The summed E-state index contributed by atoms with van der Waals surface area (Å²) in [5.41, 5.74) is -0.479. The van der Waals surface area contributed by atoms with Crippen LogP contribution in [0.25, 0.3) is 0 Å². The molecule has 112 valence electrons. The van der Waals surface area contributed by atoms with E-state index in [2.05, 4.69) is 26.6 Å². The topological polar surface area (TPSA) is 67.4 Å². The molecule has 1 heterocycles. The van der Waals surface area contributed by atoms with Gasteiger partial charge in [0.25, 0.3) is 17.4 Å². The second-order valence-electron chi connectivity index (χ2n) is 5.05. The minimum atomic E-state index is -1.62. The van der Waals surface area contributed by atoms with E-state index in [1.54, 1.807) is 48.5 Å². The predicted molar refractivity (Wildman–Crippen MR) is 86.9 cm³/mol. The van der Waals surface area contributed by atoms with Crippen molar-refractivity contribution >= 4 is 39.1 Å². The standard InChI is InChI=1S/C16H13BrN2O3/c1-16(14(20)18-11-8-6-10(17)7-9-11)15(21)19-12-4-2-3-5-13(12)22-16/h2-9H,1H3,(H,18,20)(H,19,21). The number of fused-ring (bicyclic) bond motifs is 1. The fourth-order valence-electron chi connectivity index (χ4n) is 2.10. The van der Waals surface area contributed by atoms with Gasteiger partial charge in [-0.1, -0.05) is 28.1 Å². The smallest absolute Gasteiger partial charge is 0.278 e.